The molecular formula is C11H19FN2O9P2. The Bertz CT molecular complexity index is 707. The van der Waals surface area contributed by atoms with Crippen LogP contribution in [0.5, 0.6) is 0 Å². The molecule has 1 aromatic rings. The molecule has 0 aliphatic rings. The van der Waals surface area contributed by atoms with Crippen LogP contribution < -0.4 is 11.2 Å². The van der Waals surface area contributed by atoms with Gasteiger partial charge in [0.05, 0.1) is 12.7 Å². The van der Waals surface area contributed by atoms with Gasteiger partial charge in [-0.15, -0.1) is 0 Å². The van der Waals surface area contributed by atoms with E-state index in [1.807, 2.05) is 4.98 Å². The van der Waals surface area contributed by atoms with Crippen molar-refractivity contribution in [3.63, 3.8) is 0 Å². The molecule has 0 aliphatic heterocycles. The molecule has 0 fully saturated rings. The molecule has 0 amide bonds. The molecule has 14 heteroatoms. The van der Waals surface area contributed by atoms with Gasteiger partial charge < -0.3 is 29.0 Å². The first-order chi connectivity index (χ1) is 11.6. The Morgan fingerprint density at radius 1 is 1.44 bits per heavy atom. The largest absolute Gasteiger partial charge is 0.391 e. The number of halogens is 1. The minimum absolute atomic E-state index is 0.677. The van der Waals surface area contributed by atoms with E-state index in [0.29, 0.717) is 0 Å². The number of nitrogens with zero attached hydrogens (tertiary/aromatic N) is 1. The second-order valence-corrected chi connectivity index (χ2v) is 8.40. The summed E-state index contributed by atoms with van der Waals surface area (Å²) in [6.45, 7) is -0.639. The van der Waals surface area contributed by atoms with Gasteiger partial charge in [-0.1, -0.05) is 0 Å². The second kappa shape index (κ2) is 9.65. The number of ether oxygens (including phenoxy) is 1. The summed E-state index contributed by atoms with van der Waals surface area (Å²) in [5.41, 5.74) is -1.64. The Labute approximate surface area is 142 Å². The first-order valence-corrected chi connectivity index (χ1v) is 10.1. The maximum absolute atomic E-state index is 13.2. The predicted octanol–water partition coefficient (Wildman–Crippen LogP) is -0.773. The van der Waals surface area contributed by atoms with E-state index in [1.165, 1.54) is 6.92 Å². The van der Waals surface area contributed by atoms with Crippen LogP contribution in [-0.2, 0) is 13.8 Å². The van der Waals surface area contributed by atoms with Crippen LogP contribution in [0.4, 0.5) is 4.39 Å². The summed E-state index contributed by atoms with van der Waals surface area (Å²) in [6, 6.07) is 0.966. The van der Waals surface area contributed by atoms with Crippen molar-refractivity contribution in [3.8, 4) is 0 Å². The molecule has 0 saturated heterocycles. The Kier molecular flexibility index (Phi) is 8.52. The number of nitrogens with one attached hydrogen (secondary N) is 1. The summed E-state index contributed by atoms with van der Waals surface area (Å²) in [7, 11) is -7.03. The van der Waals surface area contributed by atoms with Gasteiger partial charge in [0.15, 0.2) is 14.6 Å². The smallest absolute Gasteiger partial charge is 0.337 e. The standard InChI is InChI=1S/C11H19FN2O9P2/c1-7(15)8(5-22-25(20,21)6-24(18)19)23-10(4-12)14-3-2-9(16)13-11(14)17/h2-3,7-8,10,15,18-19H,4-6H2,1H3,(H,20,21)(H,13,16,17). The lowest BCUT2D eigenvalue weighted by Crippen LogP contribution is -2.39. The number of aliphatic hydroxyl groups is 1. The van der Waals surface area contributed by atoms with Crippen LogP contribution in [0.3, 0.4) is 0 Å². The number of hydrogen-bond donors (Lipinski definition) is 5. The first kappa shape index (κ1) is 22.1. The minimum Gasteiger partial charge on any atom is -0.391 e. The van der Waals surface area contributed by atoms with Crippen molar-refractivity contribution < 1.29 is 38.0 Å². The van der Waals surface area contributed by atoms with Crippen LogP contribution in [0.25, 0.3) is 0 Å². The molecule has 5 N–H and O–H groups in total. The van der Waals surface area contributed by atoms with Crippen molar-refractivity contribution in [2.24, 2.45) is 0 Å². The molecule has 1 heterocycles. The van der Waals surface area contributed by atoms with Gasteiger partial charge in [-0.25, -0.2) is 9.18 Å². The maximum atomic E-state index is 13.2. The lowest BCUT2D eigenvalue weighted by molar-refractivity contribution is -0.123. The monoisotopic (exact) mass is 404 g/mol. The molecule has 0 aliphatic carbocycles. The van der Waals surface area contributed by atoms with Crippen LogP contribution in [0.2, 0.25) is 0 Å². The van der Waals surface area contributed by atoms with E-state index in [1.54, 1.807) is 0 Å². The van der Waals surface area contributed by atoms with Crippen LogP contribution in [0.1, 0.15) is 13.2 Å². The van der Waals surface area contributed by atoms with E-state index >= 15 is 0 Å². The van der Waals surface area contributed by atoms with E-state index < -0.39 is 64.8 Å². The number of aromatic amines is 1. The Balaban J connectivity index is 2.86. The van der Waals surface area contributed by atoms with Gasteiger partial charge in [-0.05, 0) is 6.92 Å². The average molecular weight is 404 g/mol. The molecule has 0 saturated carbocycles. The fourth-order valence-electron chi connectivity index (χ4n) is 1.71. The number of aromatic nitrogens is 2. The predicted molar refractivity (Wildman–Crippen MR) is 84.9 cm³/mol. The van der Waals surface area contributed by atoms with Crippen LogP contribution in [0, 0.1) is 0 Å². The Hall–Kier alpha value is -0.970. The van der Waals surface area contributed by atoms with E-state index in [0.717, 1.165) is 16.8 Å². The number of hydrogen-bond acceptors (Lipinski definition) is 8. The van der Waals surface area contributed by atoms with Crippen molar-refractivity contribution >= 4 is 16.0 Å². The molecule has 25 heavy (non-hydrogen) atoms. The van der Waals surface area contributed by atoms with Gasteiger partial charge in [0, 0.05) is 12.3 Å². The second-order valence-electron chi connectivity index (χ2n) is 4.99. The van der Waals surface area contributed by atoms with E-state index in [9.17, 15) is 28.5 Å². The number of rotatable bonds is 10. The zero-order valence-corrected chi connectivity index (χ0v) is 14.8. The molecule has 0 bridgehead atoms. The maximum Gasteiger partial charge on any atom is 0.337 e. The minimum atomic E-state index is -4.35. The van der Waals surface area contributed by atoms with Gasteiger partial charge in [0.2, 0.25) is 0 Å². The number of H-pyrrole nitrogens is 1. The highest BCUT2D eigenvalue weighted by Gasteiger charge is 2.29. The highest BCUT2D eigenvalue weighted by Crippen LogP contribution is 2.51. The highest BCUT2D eigenvalue weighted by molar-refractivity contribution is 7.67. The average Bonchev–Trinajstić information content (AvgIpc) is 2.46. The lowest BCUT2D eigenvalue weighted by atomic mass is 10.2. The van der Waals surface area contributed by atoms with E-state index in [-0.39, 0.29) is 0 Å². The first-order valence-electron chi connectivity index (χ1n) is 6.88. The lowest BCUT2D eigenvalue weighted by Gasteiger charge is -2.26. The van der Waals surface area contributed by atoms with Crippen molar-refractivity contribution in [3.05, 3.63) is 33.1 Å². The Morgan fingerprint density at radius 2 is 2.08 bits per heavy atom. The van der Waals surface area contributed by atoms with Crippen molar-refractivity contribution in [1.82, 2.24) is 9.55 Å². The summed E-state index contributed by atoms with van der Waals surface area (Å²) < 4.78 is 35.4. The third-order valence-electron chi connectivity index (χ3n) is 2.91. The third-order valence-corrected chi connectivity index (χ3v) is 5.90. The summed E-state index contributed by atoms with van der Waals surface area (Å²) in [5, 5.41) is 9.66. The SMILES string of the molecule is CC(O)C(COP(=O)(O)CP(O)O)OC(CF)n1ccc(=O)[nH]c1=O. The van der Waals surface area contributed by atoms with Crippen LogP contribution >= 0.6 is 16.0 Å². The molecule has 1 aromatic heterocycles. The summed E-state index contributed by atoms with van der Waals surface area (Å²) >= 11 is 0. The third kappa shape index (κ3) is 7.43. The van der Waals surface area contributed by atoms with Crippen LogP contribution in [-0.4, -0.2) is 60.7 Å². The van der Waals surface area contributed by atoms with Crippen molar-refractivity contribution in [1.29, 1.82) is 0 Å². The van der Waals surface area contributed by atoms with Gasteiger partial charge in [0.25, 0.3) is 5.56 Å². The highest BCUT2D eigenvalue weighted by atomic mass is 31.2. The molecule has 11 nitrogen and oxygen atoms in total. The molecule has 0 spiro atoms. The molecule has 4 unspecified atom stereocenters. The van der Waals surface area contributed by atoms with E-state index in [2.05, 4.69) is 4.52 Å². The van der Waals surface area contributed by atoms with Gasteiger partial charge in [-0.2, -0.15) is 0 Å². The topological polar surface area (TPSA) is 171 Å². The molecule has 144 valence electrons. The molecule has 1 rings (SSSR count). The molecule has 0 radical (unpaired) electrons. The number of aliphatic hydroxyl groups excluding tert-OH is 1. The fourth-order valence-corrected chi connectivity index (χ4v) is 3.70. The summed E-state index contributed by atoms with van der Waals surface area (Å²) in [5.74, 6) is -0.902. The zero-order chi connectivity index (χ0) is 19.2. The van der Waals surface area contributed by atoms with Gasteiger partial charge >= 0.3 is 13.3 Å². The normalized spacial score (nSPS) is 17.9. The molecular weight excluding hydrogens is 385 g/mol. The molecule has 0 aromatic carbocycles. The van der Waals surface area contributed by atoms with E-state index in [4.69, 9.17) is 14.5 Å². The summed E-state index contributed by atoms with van der Waals surface area (Å²) in [4.78, 5) is 51.5. The summed E-state index contributed by atoms with van der Waals surface area (Å²) in [6.07, 6.45) is -3.13. The zero-order valence-electron chi connectivity index (χ0n) is 13.1. The molecule has 4 atom stereocenters. The van der Waals surface area contributed by atoms with Crippen molar-refractivity contribution in [2.75, 3.05) is 19.2 Å². The Morgan fingerprint density at radius 3 is 2.56 bits per heavy atom. The van der Waals surface area contributed by atoms with Crippen LogP contribution in [0.15, 0.2) is 21.9 Å². The fraction of sp³-hybridized carbons (Fsp3) is 0.636. The van der Waals surface area contributed by atoms with Gasteiger partial charge in [-0.3, -0.25) is 18.9 Å². The number of alkyl halides is 1. The quantitative estimate of drug-likeness (QED) is 0.314. The van der Waals surface area contributed by atoms with Crippen molar-refractivity contribution in [2.45, 2.75) is 25.4 Å². The van der Waals surface area contributed by atoms with Gasteiger partial charge in [0.1, 0.15) is 18.7 Å².